The standard InChI is InChI=1S/C14H14N6O3S2/c1-7-17-9-6-10(25(3,22)23)12(19-14(9)24-7)18-8-4-5-16-20-11(8)13(21)15-2/h4-6H,1-3H3,(H,15,21)(H,16,18,19)/i2D3. The molecule has 9 nitrogen and oxygen atoms in total. The maximum Gasteiger partial charge on any atom is 0.273 e. The minimum absolute atomic E-state index is 0.0328. The van der Waals surface area contributed by atoms with Crippen molar-refractivity contribution >= 4 is 48.9 Å². The lowest BCUT2D eigenvalue weighted by Gasteiger charge is -2.12. The van der Waals surface area contributed by atoms with Gasteiger partial charge in [0.05, 0.1) is 16.9 Å². The predicted molar refractivity (Wildman–Crippen MR) is 94.0 cm³/mol. The number of rotatable bonds is 4. The molecule has 3 aromatic heterocycles. The van der Waals surface area contributed by atoms with Crippen molar-refractivity contribution in [2.24, 2.45) is 0 Å². The van der Waals surface area contributed by atoms with Crippen LogP contribution in [-0.4, -0.2) is 47.7 Å². The minimum Gasteiger partial charge on any atom is -0.354 e. The molecule has 0 radical (unpaired) electrons. The molecular formula is C14H14N6O3S2. The van der Waals surface area contributed by atoms with Gasteiger partial charge in [-0.2, -0.15) is 5.10 Å². The third-order valence-electron chi connectivity index (χ3n) is 3.16. The molecule has 0 aliphatic heterocycles. The van der Waals surface area contributed by atoms with Crippen LogP contribution in [0, 0.1) is 6.92 Å². The Labute approximate surface area is 151 Å². The summed E-state index contributed by atoms with van der Waals surface area (Å²) in [7, 11) is -3.68. The largest absolute Gasteiger partial charge is 0.354 e. The maximum absolute atomic E-state index is 12.2. The van der Waals surface area contributed by atoms with Crippen molar-refractivity contribution in [2.45, 2.75) is 11.8 Å². The van der Waals surface area contributed by atoms with Gasteiger partial charge in [-0.05, 0) is 19.1 Å². The minimum atomic E-state index is -3.68. The van der Waals surface area contributed by atoms with Crippen molar-refractivity contribution in [2.75, 3.05) is 18.5 Å². The average Bonchev–Trinajstić information content (AvgIpc) is 2.91. The molecule has 1 amide bonds. The molecule has 0 fully saturated rings. The number of amides is 1. The van der Waals surface area contributed by atoms with Gasteiger partial charge >= 0.3 is 0 Å². The molecule has 2 N–H and O–H groups in total. The van der Waals surface area contributed by atoms with E-state index in [9.17, 15) is 13.2 Å². The molecule has 0 unspecified atom stereocenters. The summed E-state index contributed by atoms with van der Waals surface area (Å²) >= 11 is 1.28. The van der Waals surface area contributed by atoms with Gasteiger partial charge in [0, 0.05) is 17.3 Å². The van der Waals surface area contributed by atoms with Crippen molar-refractivity contribution < 1.29 is 17.3 Å². The van der Waals surface area contributed by atoms with Gasteiger partial charge in [0.2, 0.25) is 0 Å². The fourth-order valence-electron chi connectivity index (χ4n) is 2.12. The first-order valence-corrected chi connectivity index (χ1v) is 9.54. The highest BCUT2D eigenvalue weighted by molar-refractivity contribution is 7.90. The summed E-state index contributed by atoms with van der Waals surface area (Å²) < 4.78 is 45.9. The molecular weight excluding hydrogens is 364 g/mol. The monoisotopic (exact) mass is 381 g/mol. The second-order valence-electron chi connectivity index (χ2n) is 5.04. The van der Waals surface area contributed by atoms with Crippen LogP contribution in [0.2, 0.25) is 0 Å². The lowest BCUT2D eigenvalue weighted by molar-refractivity contribution is 0.0958. The van der Waals surface area contributed by atoms with E-state index in [-0.39, 0.29) is 22.1 Å². The smallest absolute Gasteiger partial charge is 0.273 e. The van der Waals surface area contributed by atoms with Crippen molar-refractivity contribution in [3.8, 4) is 0 Å². The Morgan fingerprint density at radius 3 is 2.88 bits per heavy atom. The number of carbonyl (C=O) groups excluding carboxylic acids is 1. The van der Waals surface area contributed by atoms with E-state index in [0.29, 0.717) is 15.4 Å². The van der Waals surface area contributed by atoms with Crippen molar-refractivity contribution in [3.05, 3.63) is 29.0 Å². The highest BCUT2D eigenvalue weighted by Gasteiger charge is 2.20. The van der Waals surface area contributed by atoms with Crippen molar-refractivity contribution in [1.29, 1.82) is 0 Å². The zero-order valence-corrected chi connectivity index (χ0v) is 14.7. The molecule has 0 saturated carbocycles. The van der Waals surface area contributed by atoms with Gasteiger partial charge < -0.3 is 10.6 Å². The third-order valence-corrected chi connectivity index (χ3v) is 5.15. The molecule has 3 aromatic rings. The number of anilines is 2. The number of thiazole rings is 1. The normalized spacial score (nSPS) is 13.8. The molecule has 0 atom stereocenters. The van der Waals surface area contributed by atoms with Crippen LogP contribution in [0.25, 0.3) is 10.3 Å². The molecule has 0 aromatic carbocycles. The van der Waals surface area contributed by atoms with Gasteiger partial charge in [0.1, 0.15) is 15.2 Å². The summed E-state index contributed by atoms with van der Waals surface area (Å²) in [4.78, 5) is 21.1. The summed E-state index contributed by atoms with van der Waals surface area (Å²) in [5.41, 5.74) is 0.164. The fourth-order valence-corrected chi connectivity index (χ4v) is 3.66. The first-order valence-electron chi connectivity index (χ1n) is 8.33. The third kappa shape index (κ3) is 3.42. The van der Waals surface area contributed by atoms with Crippen LogP contribution >= 0.6 is 11.3 Å². The molecule has 0 saturated heterocycles. The maximum atomic E-state index is 12.2. The van der Waals surface area contributed by atoms with Gasteiger partial charge in [-0.3, -0.25) is 4.79 Å². The number of hydrogen-bond donors (Lipinski definition) is 2. The number of nitrogens with zero attached hydrogens (tertiary/aromatic N) is 4. The Kier molecular flexibility index (Phi) is 3.45. The van der Waals surface area contributed by atoms with E-state index in [1.807, 2.05) is 5.32 Å². The van der Waals surface area contributed by atoms with Crippen LogP contribution in [0.15, 0.2) is 23.2 Å². The molecule has 25 heavy (non-hydrogen) atoms. The lowest BCUT2D eigenvalue weighted by atomic mass is 10.3. The van der Waals surface area contributed by atoms with Gasteiger partial charge in [-0.1, -0.05) is 11.3 Å². The Morgan fingerprint density at radius 2 is 2.16 bits per heavy atom. The van der Waals surface area contributed by atoms with Gasteiger partial charge in [0.25, 0.3) is 5.91 Å². The highest BCUT2D eigenvalue weighted by atomic mass is 32.2. The molecule has 3 rings (SSSR count). The van der Waals surface area contributed by atoms with E-state index in [4.69, 9.17) is 4.11 Å². The lowest BCUT2D eigenvalue weighted by Crippen LogP contribution is -2.21. The van der Waals surface area contributed by atoms with E-state index in [1.54, 1.807) is 6.92 Å². The Bertz CT molecular complexity index is 1180. The summed E-state index contributed by atoms with van der Waals surface area (Å²) in [6.07, 6.45) is 2.29. The highest BCUT2D eigenvalue weighted by Crippen LogP contribution is 2.30. The molecule has 0 aliphatic rings. The zero-order chi connectivity index (χ0) is 20.7. The number of aryl methyl sites for hydroxylation is 1. The number of nitrogens with one attached hydrogen (secondary N) is 2. The second-order valence-corrected chi connectivity index (χ2v) is 8.20. The SMILES string of the molecule is [2H]C([2H])([2H])NC(=O)c1nnccc1Nc1nc2sc(C)nc2cc1S(C)(=O)=O. The average molecular weight is 381 g/mol. The van der Waals surface area contributed by atoms with Crippen LogP contribution in [-0.2, 0) is 9.84 Å². The van der Waals surface area contributed by atoms with Crippen LogP contribution in [0.5, 0.6) is 0 Å². The number of carbonyl (C=O) groups is 1. The molecule has 3 heterocycles. The second kappa shape index (κ2) is 6.33. The van der Waals surface area contributed by atoms with Crippen LogP contribution < -0.4 is 10.6 Å². The number of sulfone groups is 1. The number of aromatic nitrogens is 4. The van der Waals surface area contributed by atoms with Gasteiger partial charge in [-0.25, -0.2) is 18.4 Å². The van der Waals surface area contributed by atoms with E-state index < -0.39 is 22.7 Å². The molecule has 0 bridgehead atoms. The first kappa shape index (κ1) is 13.6. The number of hydrogen-bond acceptors (Lipinski definition) is 9. The predicted octanol–water partition coefficient (Wildman–Crippen LogP) is 1.30. The Morgan fingerprint density at radius 1 is 1.36 bits per heavy atom. The molecule has 0 aliphatic carbocycles. The molecule has 0 spiro atoms. The van der Waals surface area contributed by atoms with Crippen molar-refractivity contribution in [3.63, 3.8) is 0 Å². The van der Waals surface area contributed by atoms with Crippen LogP contribution in [0.4, 0.5) is 11.5 Å². The van der Waals surface area contributed by atoms with Gasteiger partial charge in [0.15, 0.2) is 21.3 Å². The van der Waals surface area contributed by atoms with Crippen LogP contribution in [0.3, 0.4) is 0 Å². The summed E-state index contributed by atoms with van der Waals surface area (Å²) in [6, 6.07) is 2.75. The van der Waals surface area contributed by atoms with E-state index in [2.05, 4.69) is 25.5 Å². The number of fused-ring (bicyclic) bond motifs is 1. The van der Waals surface area contributed by atoms with Crippen LogP contribution in [0.1, 0.15) is 19.6 Å². The zero-order valence-electron chi connectivity index (χ0n) is 16.1. The summed E-state index contributed by atoms with van der Waals surface area (Å²) in [5, 5.41) is 12.5. The summed E-state index contributed by atoms with van der Waals surface area (Å²) in [6.45, 7) is -0.954. The first-order chi connectivity index (χ1) is 12.9. The molecule has 11 heteroatoms. The number of pyridine rings is 1. The van der Waals surface area contributed by atoms with Gasteiger partial charge in [-0.15, -0.1) is 5.10 Å². The van der Waals surface area contributed by atoms with Crippen molar-refractivity contribution in [1.82, 2.24) is 25.5 Å². The Hall–Kier alpha value is -2.66. The summed E-state index contributed by atoms with van der Waals surface area (Å²) in [5.74, 6) is -1.03. The quantitative estimate of drug-likeness (QED) is 0.692. The Balaban J connectivity index is 2.09. The van der Waals surface area contributed by atoms with E-state index >= 15 is 0 Å². The van der Waals surface area contributed by atoms with E-state index in [1.165, 1.54) is 29.7 Å². The fraction of sp³-hybridized carbons (Fsp3) is 0.214. The van der Waals surface area contributed by atoms with E-state index in [0.717, 1.165) is 6.26 Å². The molecule has 130 valence electrons. The topological polar surface area (TPSA) is 127 Å².